The molecule has 2 nitrogen and oxygen atoms in total. The maximum Gasteiger partial charge on any atom is 0.223 e. The summed E-state index contributed by atoms with van der Waals surface area (Å²) >= 11 is 4.05. The second-order valence-electron chi connectivity index (χ2n) is 3.09. The Balaban J connectivity index is 2.39. The summed E-state index contributed by atoms with van der Waals surface area (Å²) in [6.45, 7) is 2.85. The number of rotatable bonds is 3. The minimum absolute atomic E-state index is 0.284. The van der Waals surface area contributed by atoms with E-state index in [1.807, 2.05) is 17.1 Å². The molecule has 68 valence electrons. The van der Waals surface area contributed by atoms with E-state index in [0.29, 0.717) is 6.04 Å². The van der Waals surface area contributed by atoms with E-state index in [9.17, 15) is 4.79 Å². The summed E-state index contributed by atoms with van der Waals surface area (Å²) in [5.41, 5.74) is 0. The van der Waals surface area contributed by atoms with Gasteiger partial charge in [0.1, 0.15) is 0 Å². The zero-order chi connectivity index (χ0) is 8.97. The zero-order valence-corrected chi connectivity index (χ0v) is 8.26. The number of hydrogen-bond acceptors (Lipinski definition) is 2. The highest BCUT2D eigenvalue weighted by molar-refractivity contribution is 7.80. The summed E-state index contributed by atoms with van der Waals surface area (Å²) in [6.07, 6.45) is 5.71. The molecule has 0 aromatic heterocycles. The van der Waals surface area contributed by atoms with E-state index in [2.05, 4.69) is 19.6 Å². The van der Waals surface area contributed by atoms with E-state index in [-0.39, 0.29) is 5.91 Å². The highest BCUT2D eigenvalue weighted by Crippen LogP contribution is 2.17. The van der Waals surface area contributed by atoms with Crippen LogP contribution in [0.4, 0.5) is 0 Å². The van der Waals surface area contributed by atoms with Crippen molar-refractivity contribution in [1.82, 2.24) is 4.90 Å². The highest BCUT2D eigenvalue weighted by atomic mass is 32.1. The number of amides is 1. The summed E-state index contributed by atoms with van der Waals surface area (Å²) in [5.74, 6) is 1.03. The van der Waals surface area contributed by atoms with Crippen molar-refractivity contribution in [3.8, 4) is 0 Å². The molecule has 0 bridgehead atoms. The average Bonchev–Trinajstić information content (AvgIpc) is 2.35. The fraction of sp³-hybridized carbons (Fsp3) is 0.667. The van der Waals surface area contributed by atoms with Crippen LogP contribution in [0.15, 0.2) is 12.2 Å². The van der Waals surface area contributed by atoms with Gasteiger partial charge in [-0.1, -0.05) is 12.2 Å². The molecule has 1 aliphatic heterocycles. The van der Waals surface area contributed by atoms with Crippen molar-refractivity contribution >= 4 is 18.5 Å². The van der Waals surface area contributed by atoms with Crippen LogP contribution >= 0.6 is 12.6 Å². The second kappa shape index (κ2) is 4.55. The largest absolute Gasteiger partial charge is 0.336 e. The molecule has 0 aromatic rings. The zero-order valence-electron chi connectivity index (χ0n) is 7.36. The molecule has 1 heterocycles. The van der Waals surface area contributed by atoms with Crippen molar-refractivity contribution < 1.29 is 4.79 Å². The Morgan fingerprint density at radius 2 is 2.42 bits per heavy atom. The van der Waals surface area contributed by atoms with Crippen LogP contribution < -0.4 is 0 Å². The Morgan fingerprint density at radius 3 is 2.92 bits per heavy atom. The van der Waals surface area contributed by atoms with Crippen molar-refractivity contribution in [2.45, 2.75) is 25.8 Å². The first-order chi connectivity index (χ1) is 5.75. The van der Waals surface area contributed by atoms with Gasteiger partial charge in [0.2, 0.25) is 5.91 Å². The average molecular weight is 185 g/mol. The molecule has 0 spiro atoms. The predicted octanol–water partition coefficient (Wildman–Crippen LogP) is 1.48. The van der Waals surface area contributed by atoms with Gasteiger partial charge in [-0.3, -0.25) is 4.79 Å². The van der Waals surface area contributed by atoms with Crippen LogP contribution in [0, 0.1) is 0 Å². The van der Waals surface area contributed by atoms with Gasteiger partial charge in [0.05, 0.1) is 0 Å². The fourth-order valence-corrected chi connectivity index (χ4v) is 1.57. The summed E-state index contributed by atoms with van der Waals surface area (Å²) in [6, 6.07) is 0.419. The van der Waals surface area contributed by atoms with Crippen LogP contribution in [0.1, 0.15) is 19.8 Å². The monoisotopic (exact) mass is 185 g/mol. The van der Waals surface area contributed by atoms with Gasteiger partial charge in [-0.15, -0.1) is 0 Å². The third-order valence-electron chi connectivity index (χ3n) is 2.20. The van der Waals surface area contributed by atoms with Gasteiger partial charge in [-0.25, -0.2) is 0 Å². The third-order valence-corrected chi connectivity index (χ3v) is 2.41. The molecule has 1 fully saturated rings. The van der Waals surface area contributed by atoms with Crippen LogP contribution in [0.25, 0.3) is 0 Å². The number of carbonyl (C=O) groups excluding carboxylic acids is 1. The van der Waals surface area contributed by atoms with Crippen LogP contribution in [0.5, 0.6) is 0 Å². The van der Waals surface area contributed by atoms with Crippen LogP contribution in [-0.4, -0.2) is 29.1 Å². The molecule has 1 atom stereocenters. The third kappa shape index (κ3) is 2.27. The van der Waals surface area contributed by atoms with Gasteiger partial charge in [0, 0.05) is 24.8 Å². The van der Waals surface area contributed by atoms with E-state index >= 15 is 0 Å². The lowest BCUT2D eigenvalue weighted by Gasteiger charge is -2.19. The molecule has 1 saturated heterocycles. The maximum absolute atomic E-state index is 11.3. The van der Waals surface area contributed by atoms with E-state index in [4.69, 9.17) is 0 Å². The van der Waals surface area contributed by atoms with Crippen LogP contribution in [0.3, 0.4) is 0 Å². The summed E-state index contributed by atoms with van der Waals surface area (Å²) < 4.78 is 0. The summed E-state index contributed by atoms with van der Waals surface area (Å²) in [7, 11) is 0. The smallest absolute Gasteiger partial charge is 0.223 e. The lowest BCUT2D eigenvalue weighted by molar-refractivity contribution is -0.128. The SMILES string of the molecule is CC1CCC(=O)N1C/C=C/CS. The number of likely N-dealkylation sites (tertiary alicyclic amines) is 1. The normalized spacial score (nSPS) is 24.3. The quantitative estimate of drug-likeness (QED) is 0.521. The number of thiol groups is 1. The van der Waals surface area contributed by atoms with Crippen molar-refractivity contribution in [3.63, 3.8) is 0 Å². The van der Waals surface area contributed by atoms with Gasteiger partial charge >= 0.3 is 0 Å². The summed E-state index contributed by atoms with van der Waals surface area (Å²) in [5, 5.41) is 0. The van der Waals surface area contributed by atoms with Gasteiger partial charge in [-0.2, -0.15) is 12.6 Å². The van der Waals surface area contributed by atoms with Crippen molar-refractivity contribution in [2.75, 3.05) is 12.3 Å². The van der Waals surface area contributed by atoms with Gasteiger partial charge in [-0.05, 0) is 13.3 Å². The Kier molecular flexibility index (Phi) is 3.66. The van der Waals surface area contributed by atoms with Gasteiger partial charge < -0.3 is 4.90 Å². The Labute approximate surface area is 79.0 Å². The molecule has 1 aliphatic rings. The number of hydrogen-bond donors (Lipinski definition) is 1. The molecule has 3 heteroatoms. The van der Waals surface area contributed by atoms with Crippen molar-refractivity contribution in [3.05, 3.63) is 12.2 Å². The Morgan fingerprint density at radius 1 is 1.67 bits per heavy atom. The Hall–Kier alpha value is -0.440. The minimum Gasteiger partial charge on any atom is -0.336 e. The van der Waals surface area contributed by atoms with Crippen LogP contribution in [0.2, 0.25) is 0 Å². The molecule has 0 radical (unpaired) electrons. The fourth-order valence-electron chi connectivity index (χ4n) is 1.42. The summed E-state index contributed by atoms with van der Waals surface area (Å²) in [4.78, 5) is 13.2. The van der Waals surface area contributed by atoms with Crippen LogP contribution in [-0.2, 0) is 4.79 Å². The molecule has 1 unspecified atom stereocenters. The molecule has 0 aromatic carbocycles. The van der Waals surface area contributed by atoms with Gasteiger partial charge in [0.15, 0.2) is 0 Å². The lowest BCUT2D eigenvalue weighted by atomic mass is 10.2. The Bertz CT molecular complexity index is 191. The van der Waals surface area contributed by atoms with E-state index in [1.54, 1.807) is 0 Å². The predicted molar refractivity (Wildman–Crippen MR) is 53.4 cm³/mol. The standard InChI is InChI=1S/C9H15NOS/c1-8-4-5-9(11)10(8)6-2-3-7-12/h2-3,8,12H,4-7H2,1H3/b3-2+. The lowest BCUT2D eigenvalue weighted by Crippen LogP contribution is -2.30. The molecule has 12 heavy (non-hydrogen) atoms. The van der Waals surface area contributed by atoms with Crippen molar-refractivity contribution in [1.29, 1.82) is 0 Å². The molecule has 0 saturated carbocycles. The molecule has 1 rings (SSSR count). The molecule has 0 N–H and O–H groups in total. The molecule has 0 aliphatic carbocycles. The van der Waals surface area contributed by atoms with E-state index < -0.39 is 0 Å². The highest BCUT2D eigenvalue weighted by Gasteiger charge is 2.25. The first-order valence-corrected chi connectivity index (χ1v) is 4.94. The molecular formula is C9H15NOS. The molecule has 1 amide bonds. The topological polar surface area (TPSA) is 20.3 Å². The molecular weight excluding hydrogens is 170 g/mol. The maximum atomic E-state index is 11.3. The van der Waals surface area contributed by atoms with Crippen molar-refractivity contribution in [2.24, 2.45) is 0 Å². The second-order valence-corrected chi connectivity index (χ2v) is 3.45. The van der Waals surface area contributed by atoms with Gasteiger partial charge in [0.25, 0.3) is 0 Å². The first kappa shape index (κ1) is 9.65. The van der Waals surface area contributed by atoms with E-state index in [1.165, 1.54) is 0 Å². The number of nitrogens with zero attached hydrogens (tertiary/aromatic N) is 1. The number of carbonyl (C=O) groups is 1. The first-order valence-electron chi connectivity index (χ1n) is 4.31. The minimum atomic E-state index is 0.284. The van der Waals surface area contributed by atoms with E-state index in [0.717, 1.165) is 25.1 Å².